The van der Waals surface area contributed by atoms with Crippen molar-refractivity contribution in [2.24, 2.45) is 0 Å². The maximum absolute atomic E-state index is 13.7. The summed E-state index contributed by atoms with van der Waals surface area (Å²) in [6.07, 6.45) is 2.19. The van der Waals surface area contributed by atoms with Gasteiger partial charge in [0, 0.05) is 40.1 Å². The molecule has 0 atom stereocenters. The monoisotopic (exact) mass is 548 g/mol. The zero-order chi connectivity index (χ0) is 27.3. The van der Waals surface area contributed by atoms with E-state index < -0.39 is 17.6 Å². The highest BCUT2D eigenvalue weighted by Crippen LogP contribution is 2.39. The molecule has 7 nitrogen and oxygen atoms in total. The van der Waals surface area contributed by atoms with E-state index in [-0.39, 0.29) is 11.3 Å². The first kappa shape index (κ1) is 25.1. The number of rotatable bonds is 6. The second-order valence-electron chi connectivity index (χ2n) is 9.64. The van der Waals surface area contributed by atoms with Gasteiger partial charge in [0.15, 0.2) is 0 Å². The summed E-state index contributed by atoms with van der Waals surface area (Å²) >= 11 is 1.55. The van der Waals surface area contributed by atoms with Gasteiger partial charge < -0.3 is 15.2 Å². The van der Waals surface area contributed by atoms with Gasteiger partial charge in [-0.05, 0) is 68.1 Å². The van der Waals surface area contributed by atoms with Crippen LogP contribution in [-0.4, -0.2) is 31.5 Å². The Morgan fingerprint density at radius 3 is 2.59 bits per heavy atom. The van der Waals surface area contributed by atoms with Crippen molar-refractivity contribution in [2.75, 3.05) is 10.6 Å². The van der Waals surface area contributed by atoms with Gasteiger partial charge in [0.25, 0.3) is 5.91 Å². The molecule has 2 aromatic carbocycles. The Bertz CT molecular complexity index is 1720. The largest absolute Gasteiger partial charge is 0.416 e. The molecule has 1 aliphatic rings. The number of halogens is 3. The summed E-state index contributed by atoms with van der Waals surface area (Å²) in [6, 6.07) is 9.13. The third-order valence-electron chi connectivity index (χ3n) is 6.57. The number of alkyl halides is 3. The number of hydrogen-bond acceptors (Lipinski definition) is 6. The highest BCUT2D eigenvalue weighted by molar-refractivity contribution is 7.18. The minimum atomic E-state index is -4.62. The van der Waals surface area contributed by atoms with Crippen LogP contribution in [-0.2, 0) is 6.18 Å². The molecule has 0 bridgehead atoms. The van der Waals surface area contributed by atoms with Crippen molar-refractivity contribution >= 4 is 39.0 Å². The van der Waals surface area contributed by atoms with E-state index in [1.807, 2.05) is 24.4 Å². The number of nitrogens with zero attached hydrogens (tertiary/aromatic N) is 4. The minimum Gasteiger partial charge on any atom is -0.366 e. The molecule has 39 heavy (non-hydrogen) atoms. The molecule has 5 aromatic rings. The Kier molecular flexibility index (Phi) is 6.10. The van der Waals surface area contributed by atoms with Crippen LogP contribution in [0.3, 0.4) is 0 Å². The van der Waals surface area contributed by atoms with E-state index in [9.17, 15) is 18.0 Å². The quantitative estimate of drug-likeness (QED) is 0.239. The predicted molar refractivity (Wildman–Crippen MR) is 145 cm³/mol. The lowest BCUT2D eigenvalue weighted by Crippen LogP contribution is -2.15. The predicted octanol–water partition coefficient (Wildman–Crippen LogP) is 7.01. The zero-order valence-electron chi connectivity index (χ0n) is 21.0. The number of carbonyl (C=O) groups is 1. The number of aryl methyl sites for hydroxylation is 2. The van der Waals surface area contributed by atoms with E-state index in [0.29, 0.717) is 17.4 Å². The molecule has 3 heterocycles. The summed E-state index contributed by atoms with van der Waals surface area (Å²) in [4.78, 5) is 26.2. The Morgan fingerprint density at radius 1 is 1.05 bits per heavy atom. The fourth-order valence-corrected chi connectivity index (χ4v) is 5.35. The van der Waals surface area contributed by atoms with Crippen LogP contribution < -0.4 is 10.6 Å². The second-order valence-corrected chi connectivity index (χ2v) is 10.5. The van der Waals surface area contributed by atoms with Crippen molar-refractivity contribution in [3.63, 3.8) is 0 Å². The molecule has 1 fully saturated rings. The molecule has 1 aliphatic carbocycles. The number of anilines is 2. The number of amides is 1. The SMILES string of the molecule is Cc1cn(-c2cc(C(=O)Nc3ccc(C)c(-c4csc5c(NC6CC6)ncnc45)c3)cc(C(F)(F)F)c2)cn1. The van der Waals surface area contributed by atoms with Gasteiger partial charge in [0.05, 0.1) is 27.8 Å². The van der Waals surface area contributed by atoms with Gasteiger partial charge >= 0.3 is 6.18 Å². The lowest BCUT2D eigenvalue weighted by atomic mass is 10.0. The zero-order valence-corrected chi connectivity index (χ0v) is 21.8. The minimum absolute atomic E-state index is 0.113. The van der Waals surface area contributed by atoms with E-state index in [0.717, 1.165) is 57.7 Å². The van der Waals surface area contributed by atoms with Crippen LogP contribution in [0.15, 0.2) is 60.6 Å². The lowest BCUT2D eigenvalue weighted by Gasteiger charge is -2.14. The highest BCUT2D eigenvalue weighted by atomic mass is 32.1. The number of hydrogen-bond donors (Lipinski definition) is 2. The fraction of sp³-hybridized carbons (Fsp3) is 0.214. The van der Waals surface area contributed by atoms with Crippen molar-refractivity contribution in [1.82, 2.24) is 19.5 Å². The number of imidazole rings is 1. The molecule has 2 N–H and O–H groups in total. The third-order valence-corrected chi connectivity index (χ3v) is 7.55. The van der Waals surface area contributed by atoms with E-state index in [4.69, 9.17) is 0 Å². The topological polar surface area (TPSA) is 84.7 Å². The van der Waals surface area contributed by atoms with Crippen LogP contribution in [0.2, 0.25) is 0 Å². The molecule has 1 saturated carbocycles. The molecule has 198 valence electrons. The van der Waals surface area contributed by atoms with Crippen molar-refractivity contribution < 1.29 is 18.0 Å². The summed E-state index contributed by atoms with van der Waals surface area (Å²) < 4.78 is 43.4. The van der Waals surface area contributed by atoms with Gasteiger partial charge in [-0.15, -0.1) is 11.3 Å². The second kappa shape index (κ2) is 9.49. The van der Waals surface area contributed by atoms with Gasteiger partial charge in [0.1, 0.15) is 12.1 Å². The normalized spacial score (nSPS) is 13.6. The molecular weight excluding hydrogens is 525 g/mol. The number of nitrogens with one attached hydrogen (secondary N) is 2. The Hall–Kier alpha value is -4.25. The molecule has 6 rings (SSSR count). The van der Waals surface area contributed by atoms with Gasteiger partial charge in [-0.25, -0.2) is 15.0 Å². The van der Waals surface area contributed by atoms with E-state index in [1.54, 1.807) is 30.5 Å². The molecule has 0 spiro atoms. The third kappa shape index (κ3) is 5.09. The molecule has 0 radical (unpaired) electrons. The molecule has 1 amide bonds. The summed E-state index contributed by atoms with van der Waals surface area (Å²) in [5.74, 6) is 0.164. The molecule has 3 aromatic heterocycles. The summed E-state index contributed by atoms with van der Waals surface area (Å²) in [5.41, 5.74) is 3.83. The molecule has 11 heteroatoms. The van der Waals surface area contributed by atoms with E-state index in [2.05, 4.69) is 25.6 Å². The first-order valence-corrected chi connectivity index (χ1v) is 13.2. The number of carbonyl (C=O) groups excluding carboxylic acids is 1. The Balaban J connectivity index is 1.33. The van der Waals surface area contributed by atoms with Crippen molar-refractivity contribution in [3.8, 4) is 16.8 Å². The van der Waals surface area contributed by atoms with Crippen LogP contribution in [0.1, 0.15) is 40.0 Å². The van der Waals surface area contributed by atoms with Crippen LogP contribution in [0.25, 0.3) is 27.0 Å². The standard InChI is InChI=1S/C28H23F3N6OS/c1-15-3-4-20(10-22(15)23-12-39-25-24(23)32-13-33-26(25)35-19-5-6-19)36-27(38)17-7-18(28(29,30)31)9-21(8-17)37-11-16(2)34-14-37/h3-4,7-14,19H,5-6H2,1-2H3,(H,36,38)(H,32,33,35). The molecule has 0 saturated heterocycles. The molecule has 0 aliphatic heterocycles. The average molecular weight is 549 g/mol. The number of aromatic nitrogens is 4. The summed E-state index contributed by atoms with van der Waals surface area (Å²) in [6.45, 7) is 3.70. The van der Waals surface area contributed by atoms with Gasteiger partial charge in [-0.3, -0.25) is 4.79 Å². The van der Waals surface area contributed by atoms with Crippen LogP contribution in [0.4, 0.5) is 24.7 Å². The first-order chi connectivity index (χ1) is 18.7. The first-order valence-electron chi connectivity index (χ1n) is 12.3. The Morgan fingerprint density at radius 2 is 1.87 bits per heavy atom. The molecular formula is C28H23F3N6OS. The fourth-order valence-electron chi connectivity index (χ4n) is 4.38. The number of thiophene rings is 1. The van der Waals surface area contributed by atoms with Crippen molar-refractivity contribution in [3.05, 3.63) is 83.0 Å². The smallest absolute Gasteiger partial charge is 0.366 e. The number of fused-ring (bicyclic) bond motifs is 1. The van der Waals surface area contributed by atoms with Gasteiger partial charge in [-0.1, -0.05) is 6.07 Å². The van der Waals surface area contributed by atoms with Crippen LogP contribution in [0, 0.1) is 13.8 Å². The summed E-state index contributed by atoms with van der Waals surface area (Å²) in [5, 5.41) is 8.23. The highest BCUT2D eigenvalue weighted by Gasteiger charge is 2.32. The van der Waals surface area contributed by atoms with Gasteiger partial charge in [-0.2, -0.15) is 13.2 Å². The lowest BCUT2D eigenvalue weighted by molar-refractivity contribution is -0.137. The average Bonchev–Trinajstić information content (AvgIpc) is 3.44. The maximum atomic E-state index is 13.7. The van der Waals surface area contributed by atoms with Crippen molar-refractivity contribution in [1.29, 1.82) is 0 Å². The maximum Gasteiger partial charge on any atom is 0.416 e. The van der Waals surface area contributed by atoms with E-state index in [1.165, 1.54) is 23.3 Å². The van der Waals surface area contributed by atoms with Crippen molar-refractivity contribution in [2.45, 2.75) is 38.9 Å². The van der Waals surface area contributed by atoms with E-state index >= 15 is 0 Å². The Labute approximate surface area is 225 Å². The molecule has 0 unspecified atom stereocenters. The van der Waals surface area contributed by atoms with Gasteiger partial charge in [0.2, 0.25) is 0 Å². The number of benzene rings is 2. The van der Waals surface area contributed by atoms with Crippen LogP contribution >= 0.6 is 11.3 Å². The van der Waals surface area contributed by atoms with Crippen LogP contribution in [0.5, 0.6) is 0 Å². The summed E-state index contributed by atoms with van der Waals surface area (Å²) in [7, 11) is 0.